The Kier molecular flexibility index (Phi) is 21.5. The summed E-state index contributed by atoms with van der Waals surface area (Å²) in [7, 11) is 0. The lowest BCUT2D eigenvalue weighted by Gasteiger charge is -2.01. The van der Waals surface area contributed by atoms with E-state index in [2.05, 4.69) is 41.8 Å². The minimum atomic E-state index is -0.509. The highest BCUT2D eigenvalue weighted by Crippen LogP contribution is 1.74. The Morgan fingerprint density at radius 1 is 0.947 bits per heavy atom. The average Bonchev–Trinajstić information content (AvgIpc) is 2.39. The van der Waals surface area contributed by atoms with E-state index >= 15 is 0 Å². The van der Waals surface area contributed by atoms with E-state index in [1.54, 1.807) is 0 Å². The number of nitrogens with two attached hydrogens (primary N) is 2. The third-order valence-electron chi connectivity index (χ3n) is 1.06. The fourth-order valence-corrected chi connectivity index (χ4v) is 0.363. The van der Waals surface area contributed by atoms with Crippen LogP contribution in [0, 0.1) is 0 Å². The van der Waals surface area contributed by atoms with Gasteiger partial charge in [-0.3, -0.25) is 14.4 Å². The van der Waals surface area contributed by atoms with E-state index in [0.717, 1.165) is 18.2 Å². The monoisotopic (exact) mass is 290 g/mol. The topological polar surface area (TPSA) is 127 Å². The third-order valence-corrected chi connectivity index (χ3v) is 1.21. The van der Waals surface area contributed by atoms with Crippen molar-refractivity contribution in [1.29, 1.82) is 0 Å². The molecule has 0 aliphatic carbocycles. The first-order valence-electron chi connectivity index (χ1n) is 4.92. The lowest BCUT2D eigenvalue weighted by Crippen LogP contribution is -2.35. The summed E-state index contributed by atoms with van der Waals surface area (Å²) in [6.07, 6.45) is 3.29. The minimum Gasteiger partial charge on any atom is -0.335 e. The Morgan fingerprint density at radius 3 is 1.37 bits per heavy atom. The molecule has 0 aromatic rings. The van der Waals surface area contributed by atoms with Crippen LogP contribution in [-0.4, -0.2) is 30.4 Å². The molecule has 0 rings (SSSR count). The van der Waals surface area contributed by atoms with Gasteiger partial charge >= 0.3 is 0 Å². The lowest BCUT2D eigenvalue weighted by molar-refractivity contribution is -0.118. The Hall–Kier alpha value is -1.96. The number of carbonyl (C=O) groups excluding carboxylic acids is 3. The van der Waals surface area contributed by atoms with Gasteiger partial charge in [0.25, 0.3) is 0 Å². The third kappa shape index (κ3) is 31.4. The van der Waals surface area contributed by atoms with E-state index in [4.69, 9.17) is 11.6 Å². The molecule has 108 valence electrons. The first kappa shape index (κ1) is 22.2. The van der Waals surface area contributed by atoms with Gasteiger partial charge in [-0.2, -0.15) is 0 Å². The predicted molar refractivity (Wildman–Crippen MR) is 75.8 cm³/mol. The summed E-state index contributed by atoms with van der Waals surface area (Å²) in [6.45, 7) is 9.89. The highest BCUT2D eigenvalue weighted by molar-refractivity contribution is 6.66. The van der Waals surface area contributed by atoms with Crippen molar-refractivity contribution in [2.45, 2.75) is 0 Å². The number of rotatable bonds is 5. The van der Waals surface area contributed by atoms with E-state index in [9.17, 15) is 14.4 Å². The number of allylic oxidation sites excluding steroid dienone is 1. The van der Waals surface area contributed by atoms with E-state index < -0.39 is 5.24 Å². The molecule has 8 heteroatoms. The number of nitrogens with one attached hydrogen (secondary N) is 2. The molecule has 0 fully saturated rings. The predicted octanol–water partition coefficient (Wildman–Crippen LogP) is -0.653. The van der Waals surface area contributed by atoms with Gasteiger partial charge in [0.15, 0.2) is 0 Å². The van der Waals surface area contributed by atoms with Crippen molar-refractivity contribution >= 4 is 28.7 Å². The minimum absolute atomic E-state index is 0.0930. The number of carbonyl (C=O) groups is 3. The first-order valence-corrected chi connectivity index (χ1v) is 5.29. The molecule has 0 bridgehead atoms. The Morgan fingerprint density at radius 2 is 1.21 bits per heavy atom. The Labute approximate surface area is 117 Å². The van der Waals surface area contributed by atoms with Crippen molar-refractivity contribution in [3.05, 3.63) is 38.0 Å². The summed E-state index contributed by atoms with van der Waals surface area (Å²) in [6, 6.07) is 0. The van der Waals surface area contributed by atoms with Gasteiger partial charge in [-0.1, -0.05) is 19.7 Å². The van der Waals surface area contributed by atoms with Crippen LogP contribution in [0.2, 0.25) is 0 Å². The van der Waals surface area contributed by atoms with Crippen LogP contribution in [0.25, 0.3) is 0 Å². The molecule has 0 aliphatic rings. The second-order valence-electron chi connectivity index (χ2n) is 2.41. The molecular formula is C11H19ClN4O3. The second kappa shape index (κ2) is 18.4. The van der Waals surface area contributed by atoms with Crippen LogP contribution in [0.4, 0.5) is 0 Å². The smallest absolute Gasteiger partial charge is 0.244 e. The van der Waals surface area contributed by atoms with Crippen LogP contribution >= 0.6 is 11.6 Å². The number of hydrogen-bond donors (Lipinski definition) is 4. The molecular weight excluding hydrogens is 272 g/mol. The molecule has 7 nitrogen and oxygen atoms in total. The van der Waals surface area contributed by atoms with Crippen LogP contribution in [0.5, 0.6) is 0 Å². The maximum absolute atomic E-state index is 10.5. The molecule has 0 spiro atoms. The van der Waals surface area contributed by atoms with Gasteiger partial charge in [-0.05, 0) is 29.8 Å². The van der Waals surface area contributed by atoms with Crippen molar-refractivity contribution in [2.24, 2.45) is 11.5 Å². The molecule has 6 N–H and O–H groups in total. The zero-order valence-corrected chi connectivity index (χ0v) is 11.3. The molecule has 0 unspecified atom stereocenters. The normalized spacial score (nSPS) is 7.32. The van der Waals surface area contributed by atoms with E-state index in [1.807, 2.05) is 0 Å². The van der Waals surface area contributed by atoms with Crippen LogP contribution in [0.3, 0.4) is 0 Å². The maximum atomic E-state index is 10.5. The molecule has 0 aliphatic heterocycles. The van der Waals surface area contributed by atoms with Gasteiger partial charge in [-0.15, -0.1) is 0 Å². The molecule has 0 saturated carbocycles. The SMILES string of the molecule is C=CC(=O)Cl.C=CC(=O)NCNC(=O)C=C.NCN. The van der Waals surface area contributed by atoms with Crippen LogP contribution in [0.15, 0.2) is 38.0 Å². The number of amides is 2. The molecule has 0 heterocycles. The fourth-order valence-electron chi connectivity index (χ4n) is 0.363. The van der Waals surface area contributed by atoms with Crippen molar-refractivity contribution in [1.82, 2.24) is 10.6 Å². The lowest BCUT2D eigenvalue weighted by atomic mass is 10.5. The fraction of sp³-hybridized carbons (Fsp3) is 0.182. The van der Waals surface area contributed by atoms with E-state index in [0.29, 0.717) is 0 Å². The van der Waals surface area contributed by atoms with E-state index in [1.165, 1.54) is 0 Å². The van der Waals surface area contributed by atoms with Crippen LogP contribution < -0.4 is 22.1 Å². The number of halogens is 1. The average molecular weight is 291 g/mol. The van der Waals surface area contributed by atoms with Crippen molar-refractivity contribution < 1.29 is 14.4 Å². The zero-order chi connectivity index (χ0) is 15.7. The van der Waals surface area contributed by atoms with Gasteiger partial charge < -0.3 is 22.1 Å². The first-order chi connectivity index (χ1) is 8.89. The van der Waals surface area contributed by atoms with Gasteiger partial charge in [0, 0.05) is 6.67 Å². The molecule has 19 heavy (non-hydrogen) atoms. The van der Waals surface area contributed by atoms with Gasteiger partial charge in [0.05, 0.1) is 6.67 Å². The summed E-state index contributed by atoms with van der Waals surface area (Å²) in [5.74, 6) is -0.649. The highest BCUT2D eigenvalue weighted by Gasteiger charge is 1.93. The molecule has 0 saturated heterocycles. The van der Waals surface area contributed by atoms with E-state index in [-0.39, 0.29) is 25.2 Å². The summed E-state index contributed by atoms with van der Waals surface area (Å²) in [4.78, 5) is 30.4. The quantitative estimate of drug-likeness (QED) is 0.304. The Bertz CT molecular complexity index is 299. The zero-order valence-electron chi connectivity index (χ0n) is 10.5. The van der Waals surface area contributed by atoms with Crippen molar-refractivity contribution in [3.63, 3.8) is 0 Å². The van der Waals surface area contributed by atoms with Crippen molar-refractivity contribution in [3.8, 4) is 0 Å². The summed E-state index contributed by atoms with van der Waals surface area (Å²) < 4.78 is 0. The van der Waals surface area contributed by atoms with Gasteiger partial charge in [-0.25, -0.2) is 0 Å². The van der Waals surface area contributed by atoms with Crippen LogP contribution in [-0.2, 0) is 14.4 Å². The summed E-state index contributed by atoms with van der Waals surface area (Å²) in [5.41, 5.74) is 9.25. The van der Waals surface area contributed by atoms with Gasteiger partial charge in [0.1, 0.15) is 0 Å². The van der Waals surface area contributed by atoms with Crippen molar-refractivity contribution in [2.75, 3.05) is 13.3 Å². The summed E-state index contributed by atoms with van der Waals surface area (Å²) >= 11 is 4.71. The largest absolute Gasteiger partial charge is 0.335 e. The maximum Gasteiger partial charge on any atom is 0.244 e. The molecule has 0 atom stereocenters. The molecule has 0 aromatic carbocycles. The highest BCUT2D eigenvalue weighted by atomic mass is 35.5. The molecule has 0 aromatic heterocycles. The molecule has 0 radical (unpaired) electrons. The second-order valence-corrected chi connectivity index (χ2v) is 2.78. The molecule has 2 amide bonds. The standard InChI is InChI=1S/C7H10N2O2.C3H3ClO.CH6N2/c1-3-6(10)8-5-9-7(11)4-2;1-2-3(4)5;2-1-3/h3-4H,1-2,5H2,(H,8,10)(H,9,11);2H,1H2;1-3H2. The Balaban J connectivity index is -0.000000266. The van der Waals surface area contributed by atoms with Crippen LogP contribution in [0.1, 0.15) is 0 Å². The number of hydrogen-bond acceptors (Lipinski definition) is 5. The summed E-state index contributed by atoms with van der Waals surface area (Å²) in [5, 5.41) is 4.21. The van der Waals surface area contributed by atoms with Gasteiger partial charge in [0.2, 0.25) is 17.1 Å².